The van der Waals surface area contributed by atoms with Crippen molar-refractivity contribution >= 4 is 117 Å². The maximum atomic E-state index is 13.8. The van der Waals surface area contributed by atoms with Crippen LogP contribution in [0, 0.1) is 0 Å². The second-order valence-corrected chi connectivity index (χ2v) is 31.7. The molecule has 2 aromatic carbocycles. The summed E-state index contributed by atoms with van der Waals surface area (Å²) < 4.78 is 57.8. The van der Waals surface area contributed by atoms with Crippen molar-refractivity contribution in [2.45, 2.75) is 116 Å². The number of thiol groups is 1. The molecule has 2 fully saturated rings. The second kappa shape index (κ2) is 50.1. The molecule has 0 saturated carbocycles. The number of thioether (sulfide) groups is 2. The van der Waals surface area contributed by atoms with Crippen LogP contribution in [0.1, 0.15) is 64.5 Å². The Balaban J connectivity index is 0.00000107. The minimum atomic E-state index is -2.14. The molecule has 14 N–H and O–H groups in total. The first-order valence-electron chi connectivity index (χ1n) is 37.1. The average molecular weight is 1720 g/mol. The molecular formula is C76H101N16O22S4-. The van der Waals surface area contributed by atoms with Gasteiger partial charge >= 0.3 is 23.3 Å². The number of carboxylic acid groups (broad SMARTS) is 2. The van der Waals surface area contributed by atoms with Gasteiger partial charge in [-0.3, -0.25) is 63.6 Å². The van der Waals surface area contributed by atoms with E-state index in [1.165, 1.54) is 44.6 Å². The van der Waals surface area contributed by atoms with E-state index in [0.29, 0.717) is 103 Å². The van der Waals surface area contributed by atoms with Gasteiger partial charge < -0.3 is 80.7 Å². The normalized spacial score (nSPS) is 15.1. The van der Waals surface area contributed by atoms with Crippen LogP contribution < -0.4 is 54.0 Å². The summed E-state index contributed by atoms with van der Waals surface area (Å²) in [5, 5.41) is 39.7. The topological polar surface area (TPSA) is 537 Å². The van der Waals surface area contributed by atoms with Crippen molar-refractivity contribution in [3.8, 4) is 11.4 Å². The highest BCUT2D eigenvalue weighted by Gasteiger charge is 2.42. The number of nitrogens with zero attached hydrogens (tertiary/aromatic N) is 8. The van der Waals surface area contributed by atoms with Crippen LogP contribution in [0.4, 0.5) is 0 Å². The number of aliphatic carboxylic acids is 2. The quantitative estimate of drug-likeness (QED) is 0.0142. The minimum absolute atomic E-state index is 0. The first-order valence-corrected chi connectivity index (χ1v) is 40.6. The smallest absolute Gasteiger partial charge is 0.354 e. The Morgan fingerprint density at radius 2 is 0.992 bits per heavy atom. The van der Waals surface area contributed by atoms with Crippen molar-refractivity contribution < 1.29 is 96.7 Å². The molecule has 6 amide bonds. The van der Waals surface area contributed by atoms with Crippen molar-refractivity contribution in [1.29, 1.82) is 0 Å². The Morgan fingerprint density at radius 3 is 1.42 bits per heavy atom. The molecule has 2 aliphatic heterocycles. The van der Waals surface area contributed by atoms with Crippen LogP contribution in [0.5, 0.6) is 0 Å². The van der Waals surface area contributed by atoms with Crippen LogP contribution in [-0.4, -0.2) is 260 Å². The van der Waals surface area contributed by atoms with E-state index in [4.69, 9.17) is 28.4 Å². The zero-order valence-electron chi connectivity index (χ0n) is 65.5. The lowest BCUT2D eigenvalue weighted by molar-refractivity contribution is -0.142. The van der Waals surface area contributed by atoms with Crippen LogP contribution in [0.15, 0.2) is 154 Å². The molecule has 6 aromatic heterocycles. The fraction of sp³-hybridized carbons (Fsp3) is 0.447. The van der Waals surface area contributed by atoms with Crippen LogP contribution in [-0.2, 0) is 97.2 Å². The maximum Gasteiger partial charge on any atom is 0.354 e. The number of ether oxygens (including phenoxy) is 6. The van der Waals surface area contributed by atoms with Crippen molar-refractivity contribution in [2.24, 2.45) is 0 Å². The standard InChI is InChI=1S/C66H88N14O18S2.C5H5NO2S.C5H5NS.2H2O/c1-65(2)55(72-41-99-65)59(85)74-47(61(87)88)37-43-11-15-45(16-12-43)78-57-49(9-5-21-70-57)77(63(78)91)39-53(83)69-25-30-97-34-33-95-28-19-51(81)67-23-7-26-93-31-32-94-27-8-24-68-52(82)20-29-96-35-36-98-40-54(84)76-80-50-10-6-22-71-58(50)79(64(80)92)46-17-13-44(14-18-46)38-48(62(89)90)75-60(86)56-66(3,4)100-42-73-56;7-9(8)5-2-1-3-6-4-5;7-5-2-1-3-6-4-5;;/h5-6,9-18,21-22,47-48,55-56,72-73H,7-8,19-20,23-42H2,1-4H3,(H,67,81)(H,68,82)(H,69,83)(H,74,85)(H,75,86)(H,76,84)(H,87,88)(H,89,90);1-4H,(H,7,8);1-4,7H;2*1H2/p-1/t47-,48-,55+,56+;;;;/m0..../s1. The highest BCUT2D eigenvalue weighted by atomic mass is 32.2. The van der Waals surface area contributed by atoms with Crippen LogP contribution in [0.3, 0.4) is 0 Å². The summed E-state index contributed by atoms with van der Waals surface area (Å²) >= 11 is 5.04. The molecule has 2 saturated heterocycles. The highest BCUT2D eigenvalue weighted by molar-refractivity contribution is 8.01. The van der Waals surface area contributed by atoms with Crippen LogP contribution >= 0.6 is 36.2 Å². The third-order valence-electron chi connectivity index (χ3n) is 17.6. The second-order valence-electron chi connectivity index (χ2n) is 27.0. The Morgan fingerprint density at radius 1 is 0.551 bits per heavy atom. The molecule has 5 atom stereocenters. The molecule has 2 aliphatic rings. The largest absolute Gasteiger partial charge is 0.768 e. The van der Waals surface area contributed by atoms with E-state index in [1.807, 2.05) is 39.8 Å². The van der Waals surface area contributed by atoms with Crippen molar-refractivity contribution in [1.82, 2.24) is 75.5 Å². The molecule has 1 unspecified atom stereocenters. The first-order chi connectivity index (χ1) is 55.8. The zero-order chi connectivity index (χ0) is 83.4. The Hall–Kier alpha value is -9.90. The molecule has 118 heavy (non-hydrogen) atoms. The number of hydrogen-bond donors (Lipinski definition) is 11. The Kier molecular flexibility index (Phi) is 41.2. The SMILES string of the molecule is CC1(C)SCN[C@@H]1C(=O)N[C@@H](Cc1ccc(-n2c(=O)n(CC(=O)NCCOCCOCCC(=O)NCCCOCCOCCCNC(=O)CCOCCOCC(=O)Nn3c(=O)n(-c4ccc(C[C@H](NC(=O)[C@H]5NCSC5(C)C)C(=O)O)cc4)c4ncccc43)c3cccnc32)cc1)C(=O)O.O.O.O=S([O-])c1cccnc1.Sc1cccnc1. The minimum Gasteiger partial charge on any atom is -0.768 e. The molecule has 642 valence electrons. The van der Waals surface area contributed by atoms with Gasteiger partial charge in [-0.05, 0) is 136 Å². The number of amides is 6. The molecule has 0 radical (unpaired) electrons. The van der Waals surface area contributed by atoms with Crippen molar-refractivity contribution in [3.05, 3.63) is 166 Å². The van der Waals surface area contributed by atoms with Crippen molar-refractivity contribution in [2.75, 3.05) is 116 Å². The highest BCUT2D eigenvalue weighted by Crippen LogP contribution is 2.34. The fourth-order valence-electron chi connectivity index (χ4n) is 11.6. The summed E-state index contributed by atoms with van der Waals surface area (Å²) in [7, 11) is 0. The molecular weight excluding hydrogens is 1620 g/mol. The molecule has 8 heterocycles. The summed E-state index contributed by atoms with van der Waals surface area (Å²) in [4.78, 5) is 146. The first kappa shape index (κ1) is 96.9. The van der Waals surface area contributed by atoms with Gasteiger partial charge in [0.15, 0.2) is 11.3 Å². The van der Waals surface area contributed by atoms with Crippen LogP contribution in [0.25, 0.3) is 33.7 Å². The van der Waals surface area contributed by atoms with Gasteiger partial charge in [-0.2, -0.15) is 4.68 Å². The van der Waals surface area contributed by atoms with E-state index in [9.17, 15) is 66.9 Å². The Bertz CT molecular complexity index is 4680. The molecule has 0 aliphatic carbocycles. The number of carbonyl (C=O) groups excluding carboxylic acids is 6. The van der Waals surface area contributed by atoms with E-state index in [2.05, 4.69) is 75.2 Å². The predicted octanol–water partition coefficient (Wildman–Crippen LogP) is 0.613. The van der Waals surface area contributed by atoms with Crippen molar-refractivity contribution in [3.63, 3.8) is 0 Å². The van der Waals surface area contributed by atoms with Gasteiger partial charge in [-0.25, -0.2) is 38.3 Å². The van der Waals surface area contributed by atoms with Gasteiger partial charge in [0.2, 0.25) is 29.5 Å². The summed E-state index contributed by atoms with van der Waals surface area (Å²) in [6.45, 7) is 10.7. The number of imidazole rings is 2. The monoisotopic (exact) mass is 1720 g/mol. The van der Waals surface area contributed by atoms with E-state index < -0.39 is 92.4 Å². The van der Waals surface area contributed by atoms with E-state index in [1.54, 1.807) is 115 Å². The van der Waals surface area contributed by atoms with Gasteiger partial charge in [0.1, 0.15) is 42.8 Å². The van der Waals surface area contributed by atoms with Crippen LogP contribution in [0.2, 0.25) is 0 Å². The predicted molar refractivity (Wildman–Crippen MR) is 441 cm³/mol. The third kappa shape index (κ3) is 30.8. The molecule has 0 bridgehead atoms. The summed E-state index contributed by atoms with van der Waals surface area (Å²) in [5.74, 6) is -3.39. The molecule has 0 spiro atoms. The van der Waals surface area contributed by atoms with Gasteiger partial charge in [0.05, 0.1) is 76.4 Å². The third-order valence-corrected chi connectivity index (χ3v) is 21.1. The zero-order valence-corrected chi connectivity index (χ0v) is 68.8. The van der Waals surface area contributed by atoms with Gasteiger partial charge in [-0.1, -0.05) is 24.3 Å². The lowest BCUT2D eigenvalue weighted by atomic mass is 10.0. The van der Waals surface area contributed by atoms with Gasteiger partial charge in [0, 0.05) is 127 Å². The number of nitrogens with one attached hydrogen (secondary N) is 8. The maximum absolute atomic E-state index is 13.8. The molecule has 38 nitrogen and oxygen atoms in total. The van der Waals surface area contributed by atoms with E-state index >= 15 is 0 Å². The molecule has 10 rings (SSSR count). The number of hydrogen-bond acceptors (Lipinski definition) is 27. The number of benzene rings is 2. The summed E-state index contributed by atoms with van der Waals surface area (Å²) in [6.07, 6.45) is 10.8. The number of fused-ring (bicyclic) bond motifs is 2. The number of carbonyl (C=O) groups is 8. The van der Waals surface area contributed by atoms with Gasteiger partial charge in [-0.15, -0.1) is 36.2 Å². The number of aromatic nitrogens is 8. The lowest BCUT2D eigenvalue weighted by Crippen LogP contribution is -2.54. The summed E-state index contributed by atoms with van der Waals surface area (Å²) in [6, 6.07) is 23.2. The van der Waals surface area contributed by atoms with E-state index in [0.717, 1.165) is 9.57 Å². The Labute approximate surface area is 695 Å². The summed E-state index contributed by atoms with van der Waals surface area (Å²) in [5.41, 5.74) is 4.88. The van der Waals surface area contributed by atoms with Gasteiger partial charge in [0.25, 0.3) is 5.91 Å². The number of rotatable bonds is 44. The molecule has 42 heteroatoms. The fourth-order valence-corrected chi connectivity index (χ4v) is 14.1. The number of carboxylic acids is 2. The number of pyridine rings is 4. The average Bonchev–Trinajstić information content (AvgIpc) is 1.62. The molecule has 8 aromatic rings. The van der Waals surface area contributed by atoms with E-state index in [-0.39, 0.29) is 124 Å². The lowest BCUT2D eigenvalue weighted by Gasteiger charge is -2.26.